The van der Waals surface area contributed by atoms with Crippen molar-refractivity contribution in [3.05, 3.63) is 47.0 Å². The minimum Gasteiger partial charge on any atom is -0.493 e. The monoisotopic (exact) mass is 344 g/mol. The molecule has 0 aliphatic heterocycles. The lowest BCUT2D eigenvalue weighted by Gasteiger charge is -2.13. The van der Waals surface area contributed by atoms with Crippen LogP contribution in [-0.4, -0.2) is 25.3 Å². The number of methoxy groups -OCH3 is 2. The van der Waals surface area contributed by atoms with Crippen LogP contribution in [0.25, 0.3) is 10.6 Å². The minimum atomic E-state index is -0.350. The van der Waals surface area contributed by atoms with Gasteiger partial charge in [-0.25, -0.2) is 0 Å². The molecule has 0 radical (unpaired) electrons. The van der Waals surface area contributed by atoms with Gasteiger partial charge in [-0.3, -0.25) is 4.79 Å². The van der Waals surface area contributed by atoms with Crippen LogP contribution in [0.3, 0.4) is 0 Å². The predicted molar refractivity (Wildman–Crippen MR) is 92.1 cm³/mol. The smallest absolute Gasteiger partial charge is 0.277 e. The zero-order valence-corrected chi connectivity index (χ0v) is 14.3. The summed E-state index contributed by atoms with van der Waals surface area (Å²) in [6.45, 7) is 1.87. The molecule has 0 unspecified atom stereocenters. The number of nitrogens with zero attached hydrogens (tertiary/aromatic N) is 1. The van der Waals surface area contributed by atoms with Crippen molar-refractivity contribution >= 4 is 22.9 Å². The molecular weight excluding hydrogens is 328 g/mol. The Morgan fingerprint density at radius 1 is 1.21 bits per heavy atom. The van der Waals surface area contributed by atoms with Gasteiger partial charge in [-0.05, 0) is 30.0 Å². The van der Waals surface area contributed by atoms with Crippen molar-refractivity contribution in [3.8, 4) is 22.1 Å². The van der Waals surface area contributed by atoms with Gasteiger partial charge < -0.3 is 19.3 Å². The molecule has 7 heteroatoms. The number of hydrogen-bond acceptors (Lipinski definition) is 6. The quantitative estimate of drug-likeness (QED) is 0.758. The second kappa shape index (κ2) is 6.76. The molecule has 2 aromatic heterocycles. The van der Waals surface area contributed by atoms with E-state index in [1.54, 1.807) is 32.4 Å². The van der Waals surface area contributed by atoms with Gasteiger partial charge in [-0.15, -0.1) is 11.3 Å². The number of amides is 1. The molecule has 0 saturated heterocycles. The summed E-state index contributed by atoms with van der Waals surface area (Å²) in [5.41, 5.74) is 1.69. The molecule has 0 spiro atoms. The van der Waals surface area contributed by atoms with E-state index >= 15 is 0 Å². The van der Waals surface area contributed by atoms with Crippen LogP contribution in [0.15, 0.2) is 40.2 Å². The molecule has 1 aromatic carbocycles. The fourth-order valence-corrected chi connectivity index (χ4v) is 2.89. The van der Waals surface area contributed by atoms with Crippen LogP contribution in [0, 0.1) is 6.92 Å². The van der Waals surface area contributed by atoms with E-state index < -0.39 is 0 Å². The molecule has 3 rings (SSSR count). The first-order chi connectivity index (χ1) is 11.6. The van der Waals surface area contributed by atoms with Crippen molar-refractivity contribution in [2.24, 2.45) is 0 Å². The standard InChI is InChI=1S/C17H16N2O4S/c1-10-7-13(21-2)14(22-3)8-11(10)18-17(20)12-9-15(23-19-12)16-5-4-6-24-16/h4-9H,1-3H3,(H,18,20). The number of anilines is 1. The number of aryl methyl sites for hydroxylation is 1. The number of thiophene rings is 1. The first-order valence-corrected chi connectivity index (χ1v) is 8.05. The lowest BCUT2D eigenvalue weighted by molar-refractivity contribution is 0.101. The second-order valence-electron chi connectivity index (χ2n) is 5.03. The first kappa shape index (κ1) is 16.1. The third-order valence-electron chi connectivity index (χ3n) is 3.49. The summed E-state index contributed by atoms with van der Waals surface area (Å²) in [6, 6.07) is 8.96. The van der Waals surface area contributed by atoms with Gasteiger partial charge in [0.15, 0.2) is 23.0 Å². The Hall–Kier alpha value is -2.80. The first-order valence-electron chi connectivity index (χ1n) is 7.17. The van der Waals surface area contributed by atoms with Crippen molar-refractivity contribution in [3.63, 3.8) is 0 Å². The Morgan fingerprint density at radius 3 is 2.62 bits per heavy atom. The predicted octanol–water partition coefficient (Wildman–Crippen LogP) is 3.98. The van der Waals surface area contributed by atoms with Crippen LogP contribution in [-0.2, 0) is 0 Å². The molecular formula is C17H16N2O4S. The van der Waals surface area contributed by atoms with E-state index in [9.17, 15) is 4.79 Å². The molecule has 3 aromatic rings. The zero-order valence-electron chi connectivity index (χ0n) is 13.5. The van der Waals surface area contributed by atoms with Crippen LogP contribution >= 0.6 is 11.3 Å². The Bertz CT molecular complexity index is 856. The molecule has 1 N–H and O–H groups in total. The summed E-state index contributed by atoms with van der Waals surface area (Å²) >= 11 is 1.52. The zero-order chi connectivity index (χ0) is 17.1. The number of rotatable bonds is 5. The Labute approximate surface area is 143 Å². The molecule has 0 saturated carbocycles. The highest BCUT2D eigenvalue weighted by atomic mass is 32.1. The molecule has 124 valence electrons. The summed E-state index contributed by atoms with van der Waals surface area (Å²) in [5, 5.41) is 8.59. The summed E-state index contributed by atoms with van der Waals surface area (Å²) < 4.78 is 15.7. The minimum absolute atomic E-state index is 0.215. The van der Waals surface area contributed by atoms with Crippen LogP contribution in [0.5, 0.6) is 11.5 Å². The fraction of sp³-hybridized carbons (Fsp3) is 0.176. The van der Waals surface area contributed by atoms with Crippen LogP contribution in [0.4, 0.5) is 5.69 Å². The van der Waals surface area contributed by atoms with Gasteiger partial charge in [0, 0.05) is 17.8 Å². The van der Waals surface area contributed by atoms with Crippen molar-refractivity contribution < 1.29 is 18.8 Å². The second-order valence-corrected chi connectivity index (χ2v) is 5.98. The van der Waals surface area contributed by atoms with Gasteiger partial charge in [0.1, 0.15) is 0 Å². The van der Waals surface area contributed by atoms with E-state index in [1.165, 1.54) is 11.3 Å². The molecule has 2 heterocycles. The Morgan fingerprint density at radius 2 is 1.96 bits per heavy atom. The number of benzene rings is 1. The maximum atomic E-state index is 12.4. The van der Waals surface area contributed by atoms with Gasteiger partial charge in [0.2, 0.25) is 0 Å². The lowest BCUT2D eigenvalue weighted by atomic mass is 10.1. The lowest BCUT2D eigenvalue weighted by Crippen LogP contribution is -2.13. The summed E-state index contributed by atoms with van der Waals surface area (Å²) in [5.74, 6) is 1.36. The molecule has 0 aliphatic carbocycles. The molecule has 0 fully saturated rings. The highest BCUT2D eigenvalue weighted by molar-refractivity contribution is 7.13. The Kier molecular flexibility index (Phi) is 4.52. The SMILES string of the molecule is COc1cc(C)c(NC(=O)c2cc(-c3cccs3)on2)cc1OC. The van der Waals surface area contributed by atoms with Crippen LogP contribution < -0.4 is 14.8 Å². The number of hydrogen-bond donors (Lipinski definition) is 1. The number of ether oxygens (including phenoxy) is 2. The van der Waals surface area contributed by atoms with Crippen molar-refractivity contribution in [2.75, 3.05) is 19.5 Å². The van der Waals surface area contributed by atoms with Crippen molar-refractivity contribution in [1.82, 2.24) is 5.16 Å². The molecule has 6 nitrogen and oxygen atoms in total. The number of aromatic nitrogens is 1. The largest absolute Gasteiger partial charge is 0.493 e. The topological polar surface area (TPSA) is 73.6 Å². The van der Waals surface area contributed by atoms with E-state index in [0.717, 1.165) is 10.4 Å². The average Bonchev–Trinajstić information content (AvgIpc) is 3.27. The highest BCUT2D eigenvalue weighted by Crippen LogP contribution is 2.33. The third kappa shape index (κ3) is 3.11. The van der Waals surface area contributed by atoms with E-state index in [4.69, 9.17) is 14.0 Å². The molecule has 0 atom stereocenters. The van der Waals surface area contributed by atoms with E-state index in [2.05, 4.69) is 10.5 Å². The molecule has 0 aliphatic rings. The van der Waals surface area contributed by atoms with E-state index in [1.807, 2.05) is 24.4 Å². The number of carbonyl (C=O) groups is 1. The third-order valence-corrected chi connectivity index (χ3v) is 4.37. The summed E-state index contributed by atoms with van der Waals surface area (Å²) in [4.78, 5) is 13.3. The average molecular weight is 344 g/mol. The van der Waals surface area contributed by atoms with E-state index in [0.29, 0.717) is 22.9 Å². The van der Waals surface area contributed by atoms with E-state index in [-0.39, 0.29) is 11.6 Å². The molecule has 24 heavy (non-hydrogen) atoms. The van der Waals surface area contributed by atoms with Crippen molar-refractivity contribution in [2.45, 2.75) is 6.92 Å². The number of nitrogens with one attached hydrogen (secondary N) is 1. The van der Waals surface area contributed by atoms with Gasteiger partial charge in [-0.2, -0.15) is 0 Å². The summed E-state index contributed by atoms with van der Waals surface area (Å²) in [6.07, 6.45) is 0. The normalized spacial score (nSPS) is 10.5. The van der Waals surface area contributed by atoms with Crippen molar-refractivity contribution in [1.29, 1.82) is 0 Å². The van der Waals surface area contributed by atoms with Crippen LogP contribution in [0.1, 0.15) is 16.1 Å². The van der Waals surface area contributed by atoms with Gasteiger partial charge in [0.25, 0.3) is 5.91 Å². The summed E-state index contributed by atoms with van der Waals surface area (Å²) in [7, 11) is 3.11. The number of carbonyl (C=O) groups excluding carboxylic acids is 1. The van der Waals surface area contributed by atoms with Gasteiger partial charge in [-0.1, -0.05) is 11.2 Å². The highest BCUT2D eigenvalue weighted by Gasteiger charge is 2.16. The Balaban J connectivity index is 1.82. The maximum absolute atomic E-state index is 12.4. The fourth-order valence-electron chi connectivity index (χ4n) is 2.22. The molecule has 0 bridgehead atoms. The maximum Gasteiger partial charge on any atom is 0.277 e. The van der Waals surface area contributed by atoms with Gasteiger partial charge >= 0.3 is 0 Å². The van der Waals surface area contributed by atoms with Gasteiger partial charge in [0.05, 0.1) is 19.1 Å². The molecule has 1 amide bonds. The van der Waals surface area contributed by atoms with Crippen LogP contribution in [0.2, 0.25) is 0 Å².